The molecule has 3 atom stereocenters. The van der Waals surface area contributed by atoms with Gasteiger partial charge >= 0.3 is 0 Å². The molecule has 0 amide bonds. The van der Waals surface area contributed by atoms with E-state index in [0.717, 1.165) is 31.0 Å². The van der Waals surface area contributed by atoms with Crippen LogP contribution in [-0.4, -0.2) is 16.5 Å². The topological polar surface area (TPSA) is 44.6 Å². The summed E-state index contributed by atoms with van der Waals surface area (Å²) in [5.74, 6) is 1.45. The molecule has 2 aliphatic rings. The Morgan fingerprint density at radius 1 is 1.20 bits per heavy atom. The minimum atomic E-state index is -0.181. The molecule has 0 radical (unpaired) electrons. The molecule has 0 bridgehead atoms. The number of fused-ring (bicyclic) bond motifs is 1. The first-order chi connectivity index (χ1) is 9.47. The van der Waals surface area contributed by atoms with E-state index in [1.165, 1.54) is 5.56 Å². The van der Waals surface area contributed by atoms with Crippen molar-refractivity contribution in [3.8, 4) is 0 Å². The molecule has 0 heterocycles. The van der Waals surface area contributed by atoms with Gasteiger partial charge in [0.25, 0.3) is 0 Å². The second-order valence-corrected chi connectivity index (χ2v) is 7.16. The zero-order valence-corrected chi connectivity index (χ0v) is 12.6. The smallest absolute Gasteiger partial charge is 0.0771 e. The monoisotopic (exact) mass is 272 g/mol. The number of rotatable bonds is 3. The molecule has 3 nitrogen and oxygen atoms in total. The van der Waals surface area contributed by atoms with Gasteiger partial charge in [0.05, 0.1) is 11.3 Å². The highest BCUT2D eigenvalue weighted by molar-refractivity contribution is 5.94. The van der Waals surface area contributed by atoms with Crippen molar-refractivity contribution in [3.63, 3.8) is 0 Å². The summed E-state index contributed by atoms with van der Waals surface area (Å²) in [6, 6.07) is 10.4. The van der Waals surface area contributed by atoms with Crippen molar-refractivity contribution in [1.29, 1.82) is 0 Å². The van der Waals surface area contributed by atoms with Crippen molar-refractivity contribution in [2.24, 2.45) is 22.4 Å². The fourth-order valence-corrected chi connectivity index (χ4v) is 3.88. The lowest BCUT2D eigenvalue weighted by Gasteiger charge is -2.35. The molecule has 108 valence electrons. The second-order valence-electron chi connectivity index (χ2n) is 7.16. The maximum atomic E-state index is 9.38. The second kappa shape index (κ2) is 4.59. The highest BCUT2D eigenvalue weighted by Crippen LogP contribution is 2.65. The van der Waals surface area contributed by atoms with Gasteiger partial charge in [0.15, 0.2) is 0 Å². The van der Waals surface area contributed by atoms with Crippen molar-refractivity contribution in [3.05, 3.63) is 35.9 Å². The quantitative estimate of drug-likeness (QED) is 0.654. The number of nitrogens with one attached hydrogen (secondary N) is 1. The average Bonchev–Trinajstić information content (AvgIpc) is 2.97. The molecule has 0 spiro atoms. The summed E-state index contributed by atoms with van der Waals surface area (Å²) in [4.78, 5) is 0. The number of oxime groups is 1. The zero-order chi connectivity index (χ0) is 14.4. The number of nitrogens with zero attached hydrogens (tertiary/aromatic N) is 1. The lowest BCUT2D eigenvalue weighted by Crippen LogP contribution is -2.51. The Morgan fingerprint density at radius 2 is 1.90 bits per heavy atom. The molecule has 0 aliphatic heterocycles. The van der Waals surface area contributed by atoms with Crippen LogP contribution in [0.2, 0.25) is 0 Å². The van der Waals surface area contributed by atoms with E-state index in [0.29, 0.717) is 11.3 Å². The van der Waals surface area contributed by atoms with Crippen LogP contribution in [-0.2, 0) is 6.54 Å². The molecule has 0 saturated heterocycles. The van der Waals surface area contributed by atoms with Gasteiger partial charge in [-0.15, -0.1) is 0 Å². The van der Waals surface area contributed by atoms with Crippen molar-refractivity contribution >= 4 is 5.71 Å². The van der Waals surface area contributed by atoms with E-state index in [1.54, 1.807) is 0 Å². The molecule has 1 aromatic carbocycles. The normalized spacial score (nSPS) is 36.6. The lowest BCUT2D eigenvalue weighted by molar-refractivity contribution is 0.293. The summed E-state index contributed by atoms with van der Waals surface area (Å²) < 4.78 is 0. The van der Waals surface area contributed by atoms with Gasteiger partial charge in [0, 0.05) is 6.54 Å². The van der Waals surface area contributed by atoms with E-state index < -0.39 is 0 Å². The van der Waals surface area contributed by atoms with E-state index in [2.05, 4.69) is 55.5 Å². The van der Waals surface area contributed by atoms with E-state index in [-0.39, 0.29) is 5.54 Å². The first-order valence-corrected chi connectivity index (χ1v) is 7.48. The Hall–Kier alpha value is -1.35. The third-order valence-corrected chi connectivity index (χ3v) is 5.61. The molecule has 2 N–H and O–H groups in total. The molecule has 2 aliphatic carbocycles. The number of hydrogen-bond donors (Lipinski definition) is 2. The predicted octanol–water partition coefficient (Wildman–Crippen LogP) is 3.43. The van der Waals surface area contributed by atoms with Crippen LogP contribution in [0.15, 0.2) is 35.5 Å². The van der Waals surface area contributed by atoms with E-state index in [9.17, 15) is 5.21 Å². The third kappa shape index (κ3) is 2.14. The molecule has 0 aromatic heterocycles. The van der Waals surface area contributed by atoms with Gasteiger partial charge < -0.3 is 10.5 Å². The average molecular weight is 272 g/mol. The molecule has 3 heteroatoms. The van der Waals surface area contributed by atoms with Crippen LogP contribution >= 0.6 is 0 Å². The van der Waals surface area contributed by atoms with Crippen LogP contribution in [0.1, 0.15) is 39.2 Å². The van der Waals surface area contributed by atoms with Gasteiger partial charge in [0.2, 0.25) is 0 Å². The van der Waals surface area contributed by atoms with Gasteiger partial charge in [-0.1, -0.05) is 49.3 Å². The first-order valence-electron chi connectivity index (χ1n) is 7.48. The molecule has 0 unspecified atom stereocenters. The Labute approximate surface area is 121 Å². The number of benzene rings is 1. The van der Waals surface area contributed by atoms with Crippen molar-refractivity contribution in [2.45, 2.75) is 45.7 Å². The Kier molecular flexibility index (Phi) is 3.13. The van der Waals surface area contributed by atoms with Crippen LogP contribution in [0.4, 0.5) is 0 Å². The zero-order valence-electron chi connectivity index (χ0n) is 12.6. The van der Waals surface area contributed by atoms with Crippen LogP contribution < -0.4 is 5.32 Å². The van der Waals surface area contributed by atoms with Crippen LogP contribution in [0.3, 0.4) is 0 Å². The summed E-state index contributed by atoms with van der Waals surface area (Å²) in [7, 11) is 0. The highest BCUT2D eigenvalue weighted by atomic mass is 16.4. The van der Waals surface area contributed by atoms with Gasteiger partial charge in [-0.2, -0.15) is 0 Å². The Morgan fingerprint density at radius 3 is 2.55 bits per heavy atom. The summed E-state index contributed by atoms with van der Waals surface area (Å²) in [5, 5.41) is 16.6. The summed E-state index contributed by atoms with van der Waals surface area (Å²) >= 11 is 0. The standard InChI is InChI=1S/C17H24N2O/c1-16(2)13-9-15(19-20)17(3,10-14(13)16)18-11-12-7-5-4-6-8-12/h4-8,13-14,18,20H,9-11H2,1-3H3/b19-15+/t13-,14+,17-/m1/s1. The maximum Gasteiger partial charge on any atom is 0.0771 e. The lowest BCUT2D eigenvalue weighted by atomic mass is 9.81. The molecule has 2 fully saturated rings. The SMILES string of the molecule is CC1(C)[C@@H]2C/C(=N\O)[C@](C)(NCc3ccccc3)C[C@@H]21. The van der Waals surface area contributed by atoms with Crippen molar-refractivity contribution in [1.82, 2.24) is 5.32 Å². The summed E-state index contributed by atoms with van der Waals surface area (Å²) in [5.41, 5.74) is 2.41. The molecule has 1 aromatic rings. The molecule has 3 rings (SSSR count). The highest BCUT2D eigenvalue weighted by Gasteiger charge is 2.63. The fraction of sp³-hybridized carbons (Fsp3) is 0.588. The minimum Gasteiger partial charge on any atom is -0.411 e. The predicted molar refractivity (Wildman–Crippen MR) is 80.9 cm³/mol. The van der Waals surface area contributed by atoms with Gasteiger partial charge in [-0.25, -0.2) is 0 Å². The van der Waals surface area contributed by atoms with Gasteiger partial charge in [0.1, 0.15) is 0 Å². The van der Waals surface area contributed by atoms with Crippen LogP contribution in [0.25, 0.3) is 0 Å². The van der Waals surface area contributed by atoms with Gasteiger partial charge in [-0.05, 0) is 42.6 Å². The van der Waals surface area contributed by atoms with Crippen molar-refractivity contribution in [2.75, 3.05) is 0 Å². The van der Waals surface area contributed by atoms with E-state index in [1.807, 2.05) is 6.07 Å². The van der Waals surface area contributed by atoms with Crippen LogP contribution in [0, 0.1) is 17.3 Å². The minimum absolute atomic E-state index is 0.181. The molecule has 20 heavy (non-hydrogen) atoms. The van der Waals surface area contributed by atoms with Crippen LogP contribution in [0.5, 0.6) is 0 Å². The first kappa shape index (κ1) is 13.6. The summed E-state index contributed by atoms with van der Waals surface area (Å²) in [6.07, 6.45) is 1.99. The number of hydrogen-bond acceptors (Lipinski definition) is 3. The maximum absolute atomic E-state index is 9.38. The molecule has 2 saturated carbocycles. The largest absolute Gasteiger partial charge is 0.411 e. The van der Waals surface area contributed by atoms with E-state index >= 15 is 0 Å². The van der Waals surface area contributed by atoms with Gasteiger partial charge in [-0.3, -0.25) is 0 Å². The third-order valence-electron chi connectivity index (χ3n) is 5.61. The molecular formula is C17H24N2O. The Balaban J connectivity index is 1.73. The fourth-order valence-electron chi connectivity index (χ4n) is 3.88. The Bertz CT molecular complexity index is 523. The van der Waals surface area contributed by atoms with E-state index in [4.69, 9.17) is 0 Å². The molecular weight excluding hydrogens is 248 g/mol. The summed E-state index contributed by atoms with van der Waals surface area (Å²) in [6.45, 7) is 7.66. The van der Waals surface area contributed by atoms with Crippen molar-refractivity contribution < 1.29 is 5.21 Å².